The summed E-state index contributed by atoms with van der Waals surface area (Å²) in [5, 5.41) is 11.7. The van der Waals surface area contributed by atoms with Gasteiger partial charge in [0, 0.05) is 50.1 Å². The van der Waals surface area contributed by atoms with E-state index in [1.807, 2.05) is 4.90 Å². The molecule has 2 heterocycles. The van der Waals surface area contributed by atoms with Crippen LogP contribution in [0.15, 0.2) is 59.0 Å². The maximum atomic E-state index is 13.9. The Bertz CT molecular complexity index is 1140. The summed E-state index contributed by atoms with van der Waals surface area (Å²) in [5.41, 5.74) is 0.848. The first-order valence-corrected chi connectivity index (χ1v) is 10.6. The van der Waals surface area contributed by atoms with Crippen LogP contribution in [0, 0.1) is 15.9 Å². The van der Waals surface area contributed by atoms with Crippen LogP contribution in [0.1, 0.15) is 12.2 Å². The molecule has 1 amide bonds. The fraction of sp³-hybridized carbons (Fsp3) is 0.261. The Morgan fingerprint density at radius 2 is 1.84 bits per heavy atom. The molecule has 4 rings (SSSR count). The first kappa shape index (κ1) is 21.8. The van der Waals surface area contributed by atoms with Gasteiger partial charge in [-0.1, -0.05) is 23.7 Å². The number of nitrogens with zero attached hydrogens (tertiary/aromatic N) is 3. The van der Waals surface area contributed by atoms with E-state index < -0.39 is 4.92 Å². The van der Waals surface area contributed by atoms with Gasteiger partial charge in [-0.2, -0.15) is 0 Å². The molecule has 0 aliphatic carbocycles. The number of nitro groups is 1. The van der Waals surface area contributed by atoms with Crippen molar-refractivity contribution in [3.05, 3.63) is 81.3 Å². The van der Waals surface area contributed by atoms with Crippen LogP contribution in [-0.4, -0.2) is 41.9 Å². The normalized spacial score (nSPS) is 13.9. The van der Waals surface area contributed by atoms with Crippen molar-refractivity contribution in [2.45, 2.75) is 12.8 Å². The standard InChI is InChI=1S/C23H21ClFN3O4/c24-16-5-8-20(21(15-16)28(30)31)26-11-13-27(14-12-26)23(29)10-7-17-6-9-22(32-17)18-3-1-2-4-19(18)25/h1-6,8-9,15H,7,10-14H2. The maximum Gasteiger partial charge on any atom is 0.294 e. The minimum absolute atomic E-state index is 0.0147. The highest BCUT2D eigenvalue weighted by molar-refractivity contribution is 6.30. The highest BCUT2D eigenvalue weighted by Gasteiger charge is 2.26. The Kier molecular flexibility index (Phi) is 6.41. The van der Waals surface area contributed by atoms with E-state index in [1.54, 1.807) is 47.4 Å². The van der Waals surface area contributed by atoms with Gasteiger partial charge in [-0.15, -0.1) is 0 Å². The predicted octanol–water partition coefficient (Wildman–Crippen LogP) is 4.93. The van der Waals surface area contributed by atoms with Crippen molar-refractivity contribution in [2.75, 3.05) is 31.1 Å². The maximum absolute atomic E-state index is 13.9. The number of hydrogen-bond donors (Lipinski definition) is 0. The molecule has 0 radical (unpaired) electrons. The van der Waals surface area contributed by atoms with Crippen LogP contribution < -0.4 is 4.90 Å². The molecule has 166 valence electrons. The summed E-state index contributed by atoms with van der Waals surface area (Å²) in [7, 11) is 0. The number of halogens is 2. The number of benzene rings is 2. The Labute approximate surface area is 189 Å². The number of furan rings is 1. The van der Waals surface area contributed by atoms with Gasteiger partial charge < -0.3 is 14.2 Å². The summed E-state index contributed by atoms with van der Waals surface area (Å²) in [5.74, 6) is 0.679. The van der Waals surface area contributed by atoms with E-state index >= 15 is 0 Å². The lowest BCUT2D eigenvalue weighted by atomic mass is 10.1. The lowest BCUT2D eigenvalue weighted by Crippen LogP contribution is -2.49. The zero-order chi connectivity index (χ0) is 22.7. The topological polar surface area (TPSA) is 79.8 Å². The van der Waals surface area contributed by atoms with Gasteiger partial charge in [-0.25, -0.2) is 4.39 Å². The molecule has 2 aromatic carbocycles. The Balaban J connectivity index is 1.32. The molecule has 1 fully saturated rings. The minimum Gasteiger partial charge on any atom is -0.461 e. The number of aryl methyl sites for hydroxylation is 1. The Morgan fingerprint density at radius 1 is 1.09 bits per heavy atom. The van der Waals surface area contributed by atoms with Gasteiger partial charge in [0.15, 0.2) is 0 Å². The summed E-state index contributed by atoms with van der Waals surface area (Å²) in [6, 6.07) is 14.4. The molecule has 1 aliphatic rings. The van der Waals surface area contributed by atoms with Crippen LogP contribution in [0.3, 0.4) is 0 Å². The van der Waals surface area contributed by atoms with E-state index in [9.17, 15) is 19.3 Å². The summed E-state index contributed by atoms with van der Waals surface area (Å²) in [6.07, 6.45) is 0.682. The Hall–Kier alpha value is -3.39. The number of hydrogen-bond acceptors (Lipinski definition) is 5. The van der Waals surface area contributed by atoms with Crippen molar-refractivity contribution in [2.24, 2.45) is 0 Å². The van der Waals surface area contributed by atoms with Crippen molar-refractivity contribution >= 4 is 28.9 Å². The highest BCUT2D eigenvalue weighted by Crippen LogP contribution is 2.32. The average Bonchev–Trinajstić information content (AvgIpc) is 3.26. The first-order chi connectivity index (χ1) is 15.4. The second-order valence-electron chi connectivity index (χ2n) is 7.50. The quantitative estimate of drug-likeness (QED) is 0.387. The van der Waals surface area contributed by atoms with Crippen LogP contribution >= 0.6 is 11.6 Å². The van der Waals surface area contributed by atoms with E-state index in [0.717, 1.165) is 0 Å². The molecule has 9 heteroatoms. The van der Waals surface area contributed by atoms with Crippen molar-refractivity contribution in [3.8, 4) is 11.3 Å². The fourth-order valence-corrected chi connectivity index (χ4v) is 3.98. The summed E-state index contributed by atoms with van der Waals surface area (Å²) < 4.78 is 19.6. The molecular formula is C23H21ClFN3O4. The van der Waals surface area contributed by atoms with Crippen molar-refractivity contribution in [1.82, 2.24) is 4.90 Å². The number of carbonyl (C=O) groups is 1. The van der Waals surface area contributed by atoms with Gasteiger partial charge in [0.05, 0.1) is 10.5 Å². The van der Waals surface area contributed by atoms with Gasteiger partial charge in [0.1, 0.15) is 23.0 Å². The minimum atomic E-state index is -0.447. The molecule has 1 saturated heterocycles. The lowest BCUT2D eigenvalue weighted by molar-refractivity contribution is -0.384. The van der Waals surface area contributed by atoms with Crippen LogP contribution in [0.5, 0.6) is 0 Å². The van der Waals surface area contributed by atoms with Crippen molar-refractivity contribution in [3.63, 3.8) is 0 Å². The highest BCUT2D eigenvalue weighted by atomic mass is 35.5. The third-order valence-electron chi connectivity index (χ3n) is 5.49. The SMILES string of the molecule is O=C(CCc1ccc(-c2ccccc2F)o1)N1CCN(c2ccc(Cl)cc2[N+](=O)[O-])CC1. The van der Waals surface area contributed by atoms with Gasteiger partial charge >= 0.3 is 0 Å². The van der Waals surface area contributed by atoms with E-state index in [1.165, 1.54) is 12.1 Å². The third kappa shape index (κ3) is 4.75. The van der Waals surface area contributed by atoms with E-state index in [4.69, 9.17) is 16.0 Å². The molecule has 1 aromatic heterocycles. The second kappa shape index (κ2) is 9.40. The molecule has 0 spiro atoms. The predicted molar refractivity (Wildman–Crippen MR) is 119 cm³/mol. The van der Waals surface area contributed by atoms with E-state index in [0.29, 0.717) is 60.4 Å². The number of amides is 1. The number of rotatable bonds is 6. The van der Waals surface area contributed by atoms with Gasteiger partial charge in [-0.05, 0) is 36.4 Å². The van der Waals surface area contributed by atoms with E-state index in [2.05, 4.69) is 0 Å². The number of piperazine rings is 1. The van der Waals surface area contributed by atoms with Crippen LogP contribution in [0.2, 0.25) is 5.02 Å². The smallest absolute Gasteiger partial charge is 0.294 e. The van der Waals surface area contributed by atoms with Crippen LogP contribution in [-0.2, 0) is 11.2 Å². The number of nitro benzene ring substituents is 1. The zero-order valence-corrected chi connectivity index (χ0v) is 17.9. The molecule has 0 unspecified atom stereocenters. The number of anilines is 1. The lowest BCUT2D eigenvalue weighted by Gasteiger charge is -2.35. The average molecular weight is 458 g/mol. The van der Waals surface area contributed by atoms with Gasteiger partial charge in [0.2, 0.25) is 5.91 Å². The summed E-state index contributed by atoms with van der Waals surface area (Å²) in [4.78, 5) is 27.2. The molecular weight excluding hydrogens is 437 g/mol. The van der Waals surface area contributed by atoms with Crippen LogP contribution in [0.25, 0.3) is 11.3 Å². The molecule has 7 nitrogen and oxygen atoms in total. The molecule has 3 aromatic rings. The molecule has 0 atom stereocenters. The summed E-state index contributed by atoms with van der Waals surface area (Å²) in [6.45, 7) is 1.92. The number of carbonyl (C=O) groups excluding carboxylic acids is 1. The molecule has 0 bridgehead atoms. The van der Waals surface area contributed by atoms with Crippen molar-refractivity contribution in [1.29, 1.82) is 0 Å². The summed E-state index contributed by atoms with van der Waals surface area (Å²) >= 11 is 5.89. The molecule has 32 heavy (non-hydrogen) atoms. The van der Waals surface area contributed by atoms with E-state index in [-0.39, 0.29) is 23.8 Å². The third-order valence-corrected chi connectivity index (χ3v) is 5.73. The van der Waals surface area contributed by atoms with Gasteiger partial charge in [0.25, 0.3) is 5.69 Å². The first-order valence-electron chi connectivity index (χ1n) is 10.2. The largest absolute Gasteiger partial charge is 0.461 e. The van der Waals surface area contributed by atoms with Crippen molar-refractivity contribution < 1.29 is 18.5 Å². The monoisotopic (exact) mass is 457 g/mol. The Morgan fingerprint density at radius 3 is 2.56 bits per heavy atom. The fourth-order valence-electron chi connectivity index (χ4n) is 3.81. The zero-order valence-electron chi connectivity index (χ0n) is 17.2. The van der Waals surface area contributed by atoms with Crippen LogP contribution in [0.4, 0.5) is 15.8 Å². The molecule has 0 N–H and O–H groups in total. The molecule has 0 saturated carbocycles. The second-order valence-corrected chi connectivity index (χ2v) is 7.94. The van der Waals surface area contributed by atoms with Gasteiger partial charge in [-0.3, -0.25) is 14.9 Å². The molecule has 1 aliphatic heterocycles.